The molecule has 0 aromatic carbocycles. The third kappa shape index (κ3) is 3.43. The van der Waals surface area contributed by atoms with E-state index in [1.54, 1.807) is 0 Å². The molecular weight excluding hydrogens is 214 g/mol. The topological polar surface area (TPSA) is 32.7 Å². The number of aliphatic hydroxyl groups is 1. The van der Waals surface area contributed by atoms with Crippen molar-refractivity contribution in [2.45, 2.75) is 51.2 Å². The Hall–Kier alpha value is -0.120. The van der Waals surface area contributed by atoms with Crippen LogP contribution in [0.1, 0.15) is 39.0 Å². The van der Waals surface area contributed by atoms with Crippen molar-refractivity contribution in [3.05, 3.63) is 0 Å². The third-order valence-corrected chi connectivity index (χ3v) is 4.64. The minimum Gasteiger partial charge on any atom is -0.393 e. The molecule has 3 heteroatoms. The fourth-order valence-electron chi connectivity index (χ4n) is 3.30. The summed E-state index contributed by atoms with van der Waals surface area (Å²) in [5, 5.41) is 10.0. The highest BCUT2D eigenvalue weighted by molar-refractivity contribution is 4.83. The van der Waals surface area contributed by atoms with Gasteiger partial charge in [0.2, 0.25) is 0 Å². The number of likely N-dealkylation sites (tertiary alicyclic amines) is 1. The Morgan fingerprint density at radius 2 is 2.00 bits per heavy atom. The van der Waals surface area contributed by atoms with Crippen molar-refractivity contribution in [1.29, 1.82) is 0 Å². The van der Waals surface area contributed by atoms with Crippen molar-refractivity contribution in [3.8, 4) is 0 Å². The van der Waals surface area contributed by atoms with E-state index in [-0.39, 0.29) is 6.10 Å². The lowest BCUT2D eigenvalue weighted by Crippen LogP contribution is -2.47. The van der Waals surface area contributed by atoms with Gasteiger partial charge in [-0.15, -0.1) is 0 Å². The van der Waals surface area contributed by atoms with Crippen LogP contribution in [0.2, 0.25) is 0 Å². The predicted octanol–water partition coefficient (Wildman–Crippen LogP) is 1.89. The summed E-state index contributed by atoms with van der Waals surface area (Å²) in [6, 6.07) is 0. The van der Waals surface area contributed by atoms with Gasteiger partial charge < -0.3 is 14.7 Å². The Bertz CT molecular complexity index is 234. The zero-order chi connectivity index (χ0) is 12.3. The summed E-state index contributed by atoms with van der Waals surface area (Å²) in [5.41, 5.74) is 0. The fraction of sp³-hybridized carbons (Fsp3) is 1.00. The van der Waals surface area contributed by atoms with Gasteiger partial charge in [0.25, 0.3) is 0 Å². The van der Waals surface area contributed by atoms with E-state index in [0.717, 1.165) is 19.5 Å². The molecule has 1 saturated heterocycles. The largest absolute Gasteiger partial charge is 0.393 e. The maximum absolute atomic E-state index is 10.0. The van der Waals surface area contributed by atoms with Crippen LogP contribution in [0.5, 0.6) is 0 Å². The molecule has 3 nitrogen and oxygen atoms in total. The molecule has 1 saturated carbocycles. The van der Waals surface area contributed by atoms with Gasteiger partial charge in [-0.2, -0.15) is 0 Å². The maximum Gasteiger partial charge on any atom is 0.0724 e. The van der Waals surface area contributed by atoms with Crippen molar-refractivity contribution in [2.24, 2.45) is 11.8 Å². The summed E-state index contributed by atoms with van der Waals surface area (Å²) < 4.78 is 5.55. The first-order valence-corrected chi connectivity index (χ1v) is 7.14. The molecule has 4 atom stereocenters. The summed E-state index contributed by atoms with van der Waals surface area (Å²) >= 11 is 0. The van der Waals surface area contributed by atoms with Crippen LogP contribution in [0.3, 0.4) is 0 Å². The van der Waals surface area contributed by atoms with E-state index in [2.05, 4.69) is 11.8 Å². The number of piperidine rings is 1. The summed E-state index contributed by atoms with van der Waals surface area (Å²) in [5.74, 6) is 1.17. The van der Waals surface area contributed by atoms with Crippen molar-refractivity contribution >= 4 is 0 Å². The van der Waals surface area contributed by atoms with Crippen LogP contribution in [0.25, 0.3) is 0 Å². The maximum atomic E-state index is 10.0. The molecule has 17 heavy (non-hydrogen) atoms. The third-order valence-electron chi connectivity index (χ3n) is 4.64. The van der Waals surface area contributed by atoms with Gasteiger partial charge in [-0.1, -0.05) is 19.8 Å². The Kier molecular flexibility index (Phi) is 4.83. The monoisotopic (exact) mass is 241 g/mol. The van der Waals surface area contributed by atoms with Crippen LogP contribution >= 0.6 is 0 Å². The molecule has 0 aromatic rings. The van der Waals surface area contributed by atoms with Gasteiger partial charge >= 0.3 is 0 Å². The first-order valence-electron chi connectivity index (χ1n) is 7.14. The van der Waals surface area contributed by atoms with E-state index in [4.69, 9.17) is 4.74 Å². The molecule has 0 amide bonds. The van der Waals surface area contributed by atoms with E-state index < -0.39 is 0 Å². The number of aliphatic hydroxyl groups excluding tert-OH is 1. The van der Waals surface area contributed by atoms with Crippen molar-refractivity contribution in [3.63, 3.8) is 0 Å². The first kappa shape index (κ1) is 13.3. The molecule has 1 aliphatic heterocycles. The molecule has 100 valence electrons. The predicted molar refractivity (Wildman–Crippen MR) is 69.0 cm³/mol. The molecule has 0 bridgehead atoms. The van der Waals surface area contributed by atoms with Crippen LogP contribution in [0.4, 0.5) is 0 Å². The average Bonchev–Trinajstić information content (AvgIpc) is 2.34. The van der Waals surface area contributed by atoms with E-state index in [0.29, 0.717) is 17.9 Å². The molecule has 0 spiro atoms. The zero-order valence-electron chi connectivity index (χ0n) is 11.3. The molecule has 2 rings (SSSR count). The fourth-order valence-corrected chi connectivity index (χ4v) is 3.30. The zero-order valence-corrected chi connectivity index (χ0v) is 11.3. The highest BCUT2D eigenvalue weighted by Crippen LogP contribution is 2.27. The second-order valence-electron chi connectivity index (χ2n) is 5.91. The number of ether oxygens (including phenoxy) is 1. The Morgan fingerprint density at radius 1 is 1.24 bits per heavy atom. The van der Waals surface area contributed by atoms with Crippen molar-refractivity contribution < 1.29 is 9.84 Å². The lowest BCUT2D eigenvalue weighted by molar-refractivity contribution is -0.0236. The van der Waals surface area contributed by atoms with Gasteiger partial charge in [-0.05, 0) is 37.6 Å². The molecule has 2 aliphatic rings. The molecule has 1 N–H and O–H groups in total. The minimum absolute atomic E-state index is 0.0657. The normalized spacial score (nSPS) is 40.4. The first-order chi connectivity index (χ1) is 8.20. The highest BCUT2D eigenvalue weighted by Gasteiger charge is 2.30. The van der Waals surface area contributed by atoms with Crippen LogP contribution in [-0.2, 0) is 4.74 Å². The summed E-state index contributed by atoms with van der Waals surface area (Å²) in [7, 11) is 1.82. The second kappa shape index (κ2) is 6.17. The molecule has 0 aromatic heterocycles. The molecule has 1 aliphatic carbocycles. The molecule has 0 radical (unpaired) electrons. The van der Waals surface area contributed by atoms with Crippen LogP contribution < -0.4 is 0 Å². The summed E-state index contributed by atoms with van der Waals surface area (Å²) in [6.45, 7) is 5.56. The lowest BCUT2D eigenvalue weighted by Gasteiger charge is -2.39. The standard InChI is InChI=1S/C14H27NO2/c1-11-7-8-15(10-14(11)17-2)9-12-5-3-4-6-13(12)16/h11-14,16H,3-10H2,1-2H3. The molecular formula is C14H27NO2. The van der Waals surface area contributed by atoms with Crippen LogP contribution in [-0.4, -0.2) is 49.0 Å². The van der Waals surface area contributed by atoms with E-state index >= 15 is 0 Å². The van der Waals surface area contributed by atoms with Gasteiger partial charge in [0.1, 0.15) is 0 Å². The van der Waals surface area contributed by atoms with Gasteiger partial charge in [-0.25, -0.2) is 0 Å². The number of methoxy groups -OCH3 is 1. The molecule has 1 heterocycles. The van der Waals surface area contributed by atoms with Gasteiger partial charge in [0.15, 0.2) is 0 Å². The van der Waals surface area contributed by atoms with E-state index in [1.807, 2.05) is 7.11 Å². The molecule has 4 unspecified atom stereocenters. The quantitative estimate of drug-likeness (QED) is 0.819. The van der Waals surface area contributed by atoms with Crippen molar-refractivity contribution in [1.82, 2.24) is 4.90 Å². The Balaban J connectivity index is 1.82. The van der Waals surface area contributed by atoms with Crippen molar-refractivity contribution in [2.75, 3.05) is 26.7 Å². The van der Waals surface area contributed by atoms with E-state index in [1.165, 1.54) is 32.2 Å². The molecule has 2 fully saturated rings. The number of nitrogens with zero attached hydrogens (tertiary/aromatic N) is 1. The van der Waals surface area contributed by atoms with Crippen LogP contribution in [0.15, 0.2) is 0 Å². The minimum atomic E-state index is -0.0657. The van der Waals surface area contributed by atoms with Crippen LogP contribution in [0, 0.1) is 11.8 Å². The smallest absolute Gasteiger partial charge is 0.0724 e. The Morgan fingerprint density at radius 3 is 2.71 bits per heavy atom. The van der Waals surface area contributed by atoms with Gasteiger partial charge in [0.05, 0.1) is 12.2 Å². The summed E-state index contributed by atoms with van der Waals surface area (Å²) in [6.07, 6.45) is 6.23. The number of rotatable bonds is 3. The Labute approximate surface area is 105 Å². The number of hydrogen-bond donors (Lipinski definition) is 1. The highest BCUT2D eigenvalue weighted by atomic mass is 16.5. The van der Waals surface area contributed by atoms with Gasteiger partial charge in [0, 0.05) is 20.2 Å². The second-order valence-corrected chi connectivity index (χ2v) is 5.91. The van der Waals surface area contributed by atoms with E-state index in [9.17, 15) is 5.11 Å². The number of hydrogen-bond acceptors (Lipinski definition) is 3. The lowest BCUT2D eigenvalue weighted by atomic mass is 9.85. The SMILES string of the molecule is COC1CN(CC2CCCCC2O)CCC1C. The summed E-state index contributed by atoms with van der Waals surface area (Å²) in [4.78, 5) is 2.49. The average molecular weight is 241 g/mol. The van der Waals surface area contributed by atoms with Gasteiger partial charge in [-0.3, -0.25) is 0 Å².